The molecular formula is C15H21N3O. The quantitative estimate of drug-likeness (QED) is 0.854. The van der Waals surface area contributed by atoms with Gasteiger partial charge in [-0.2, -0.15) is 0 Å². The van der Waals surface area contributed by atoms with E-state index in [2.05, 4.69) is 17.4 Å². The average molecular weight is 259 g/mol. The van der Waals surface area contributed by atoms with Crippen molar-refractivity contribution in [2.24, 2.45) is 11.1 Å². The van der Waals surface area contributed by atoms with E-state index < -0.39 is 0 Å². The summed E-state index contributed by atoms with van der Waals surface area (Å²) in [6, 6.07) is 6.29. The van der Waals surface area contributed by atoms with E-state index in [1.54, 1.807) is 4.90 Å². The molecule has 0 radical (unpaired) electrons. The van der Waals surface area contributed by atoms with Gasteiger partial charge in [0.25, 0.3) is 0 Å². The number of amides is 1. The van der Waals surface area contributed by atoms with Gasteiger partial charge < -0.3 is 16.0 Å². The Hall–Kier alpha value is -1.39. The van der Waals surface area contributed by atoms with Crippen LogP contribution in [0.1, 0.15) is 30.0 Å². The van der Waals surface area contributed by atoms with E-state index in [0.717, 1.165) is 23.4 Å². The number of anilines is 1. The zero-order valence-corrected chi connectivity index (χ0v) is 11.6. The molecule has 1 saturated carbocycles. The van der Waals surface area contributed by atoms with Crippen LogP contribution < -0.4 is 16.0 Å². The number of benzene rings is 1. The first-order chi connectivity index (χ1) is 9.07. The molecule has 2 aliphatic rings. The molecule has 0 spiro atoms. The Bertz CT molecular complexity index is 522. The number of nitrogens with one attached hydrogen (secondary N) is 1. The molecule has 1 aliphatic heterocycles. The van der Waals surface area contributed by atoms with E-state index in [1.165, 1.54) is 12.8 Å². The van der Waals surface area contributed by atoms with Crippen molar-refractivity contribution in [1.29, 1.82) is 0 Å². The minimum absolute atomic E-state index is 0.0614. The standard InChI is InChI=1S/C15H21N3O/c1-17-9-15(5-6-15)14(16)10-3-4-12-11(7-10)8-13(19)18(12)2/h3-4,7,14,17H,5-6,8-9,16H2,1-2H3. The molecule has 1 unspecified atom stereocenters. The smallest absolute Gasteiger partial charge is 0.231 e. The molecule has 1 aromatic carbocycles. The molecule has 3 rings (SSSR count). The van der Waals surface area contributed by atoms with Gasteiger partial charge in [-0.3, -0.25) is 4.79 Å². The number of likely N-dealkylation sites (N-methyl/N-ethyl adjacent to an activating group) is 1. The maximum Gasteiger partial charge on any atom is 0.231 e. The normalized spacial score (nSPS) is 21.4. The van der Waals surface area contributed by atoms with Crippen LogP contribution in [-0.4, -0.2) is 26.5 Å². The van der Waals surface area contributed by atoms with Crippen molar-refractivity contribution in [2.75, 3.05) is 25.5 Å². The van der Waals surface area contributed by atoms with E-state index in [4.69, 9.17) is 5.73 Å². The highest BCUT2D eigenvalue weighted by Gasteiger charge is 2.47. The topological polar surface area (TPSA) is 58.4 Å². The van der Waals surface area contributed by atoms with E-state index >= 15 is 0 Å². The highest BCUT2D eigenvalue weighted by atomic mass is 16.2. The molecule has 4 heteroatoms. The Kier molecular flexibility index (Phi) is 2.87. The Morgan fingerprint density at radius 3 is 2.84 bits per heavy atom. The maximum absolute atomic E-state index is 11.7. The fourth-order valence-electron chi connectivity index (χ4n) is 3.15. The molecular weight excluding hydrogens is 238 g/mol. The van der Waals surface area contributed by atoms with Crippen molar-refractivity contribution in [2.45, 2.75) is 25.3 Å². The first-order valence-electron chi connectivity index (χ1n) is 6.87. The van der Waals surface area contributed by atoms with Crippen LogP contribution in [0.3, 0.4) is 0 Å². The summed E-state index contributed by atoms with van der Waals surface area (Å²) in [4.78, 5) is 13.4. The van der Waals surface area contributed by atoms with Crippen molar-refractivity contribution in [3.8, 4) is 0 Å². The number of rotatable bonds is 4. The monoisotopic (exact) mass is 259 g/mol. The third-order valence-corrected chi connectivity index (χ3v) is 4.62. The summed E-state index contributed by atoms with van der Waals surface area (Å²) < 4.78 is 0. The SMILES string of the molecule is CNCC1(C(N)c2ccc3c(c2)CC(=O)N3C)CC1. The Balaban J connectivity index is 1.88. The van der Waals surface area contributed by atoms with Gasteiger partial charge >= 0.3 is 0 Å². The molecule has 0 aromatic heterocycles. The van der Waals surface area contributed by atoms with Crippen LogP contribution in [0.15, 0.2) is 18.2 Å². The third kappa shape index (κ3) is 1.95. The van der Waals surface area contributed by atoms with Crippen molar-refractivity contribution >= 4 is 11.6 Å². The number of hydrogen-bond donors (Lipinski definition) is 2. The summed E-state index contributed by atoms with van der Waals surface area (Å²) in [6.45, 7) is 0.962. The lowest BCUT2D eigenvalue weighted by molar-refractivity contribution is -0.117. The Morgan fingerprint density at radius 2 is 2.21 bits per heavy atom. The lowest BCUT2D eigenvalue weighted by Crippen LogP contribution is -2.31. The fourth-order valence-corrected chi connectivity index (χ4v) is 3.15. The molecule has 4 nitrogen and oxygen atoms in total. The molecule has 3 N–H and O–H groups in total. The van der Waals surface area contributed by atoms with Gasteiger partial charge in [-0.25, -0.2) is 0 Å². The molecule has 1 atom stereocenters. The number of fused-ring (bicyclic) bond motifs is 1. The Labute approximate surface area is 114 Å². The predicted octanol–water partition coefficient (Wildman–Crippen LogP) is 1.20. The third-order valence-electron chi connectivity index (χ3n) is 4.62. The average Bonchev–Trinajstić information content (AvgIpc) is 3.12. The van der Waals surface area contributed by atoms with Gasteiger partial charge in [0.1, 0.15) is 0 Å². The lowest BCUT2D eigenvalue weighted by atomic mass is 9.89. The summed E-state index contributed by atoms with van der Waals surface area (Å²) in [7, 11) is 3.81. The molecule has 1 fully saturated rings. The van der Waals surface area contributed by atoms with Gasteiger partial charge in [-0.05, 0) is 37.1 Å². The fraction of sp³-hybridized carbons (Fsp3) is 0.533. The first kappa shape index (κ1) is 12.6. The van der Waals surface area contributed by atoms with E-state index in [1.807, 2.05) is 20.2 Å². The second-order valence-corrected chi connectivity index (χ2v) is 5.89. The largest absolute Gasteiger partial charge is 0.323 e. The predicted molar refractivity (Wildman–Crippen MR) is 76.1 cm³/mol. The molecule has 1 aliphatic carbocycles. The van der Waals surface area contributed by atoms with Crippen LogP contribution in [0.4, 0.5) is 5.69 Å². The van der Waals surface area contributed by atoms with Gasteiger partial charge in [0, 0.05) is 30.7 Å². The van der Waals surface area contributed by atoms with Crippen molar-refractivity contribution < 1.29 is 4.79 Å². The number of carbonyl (C=O) groups is 1. The summed E-state index contributed by atoms with van der Waals surface area (Å²) in [5, 5.41) is 3.25. The minimum Gasteiger partial charge on any atom is -0.323 e. The van der Waals surface area contributed by atoms with Crippen LogP contribution in [0, 0.1) is 5.41 Å². The van der Waals surface area contributed by atoms with Crippen molar-refractivity contribution in [3.05, 3.63) is 29.3 Å². The highest BCUT2D eigenvalue weighted by Crippen LogP contribution is 2.53. The minimum atomic E-state index is 0.0614. The zero-order chi connectivity index (χ0) is 13.6. The first-order valence-corrected chi connectivity index (χ1v) is 6.87. The molecule has 102 valence electrons. The molecule has 19 heavy (non-hydrogen) atoms. The molecule has 0 saturated heterocycles. The van der Waals surface area contributed by atoms with E-state index in [9.17, 15) is 4.79 Å². The Morgan fingerprint density at radius 1 is 1.47 bits per heavy atom. The molecule has 1 aromatic rings. The summed E-state index contributed by atoms with van der Waals surface area (Å²) in [6.07, 6.45) is 2.88. The van der Waals surface area contributed by atoms with Gasteiger partial charge in [-0.1, -0.05) is 12.1 Å². The zero-order valence-electron chi connectivity index (χ0n) is 11.6. The number of nitrogens with zero attached hydrogens (tertiary/aromatic N) is 1. The van der Waals surface area contributed by atoms with Crippen molar-refractivity contribution in [3.63, 3.8) is 0 Å². The summed E-state index contributed by atoms with van der Waals surface area (Å²) >= 11 is 0. The van der Waals surface area contributed by atoms with Gasteiger partial charge in [0.2, 0.25) is 5.91 Å². The number of nitrogens with two attached hydrogens (primary N) is 1. The number of hydrogen-bond acceptors (Lipinski definition) is 3. The lowest BCUT2D eigenvalue weighted by Gasteiger charge is -2.24. The second kappa shape index (κ2) is 4.32. The highest BCUT2D eigenvalue weighted by molar-refractivity contribution is 6.00. The van der Waals surface area contributed by atoms with Gasteiger partial charge in [-0.15, -0.1) is 0 Å². The van der Waals surface area contributed by atoms with Crippen LogP contribution >= 0.6 is 0 Å². The van der Waals surface area contributed by atoms with E-state index in [-0.39, 0.29) is 17.4 Å². The number of carbonyl (C=O) groups excluding carboxylic acids is 1. The van der Waals surface area contributed by atoms with Crippen LogP contribution in [0.25, 0.3) is 0 Å². The van der Waals surface area contributed by atoms with Gasteiger partial charge in [0.05, 0.1) is 6.42 Å². The van der Waals surface area contributed by atoms with Crippen molar-refractivity contribution in [1.82, 2.24) is 5.32 Å². The van der Waals surface area contributed by atoms with E-state index in [0.29, 0.717) is 6.42 Å². The van der Waals surface area contributed by atoms with Crippen LogP contribution in [-0.2, 0) is 11.2 Å². The summed E-state index contributed by atoms with van der Waals surface area (Å²) in [5.74, 6) is 0.164. The molecule has 0 bridgehead atoms. The van der Waals surface area contributed by atoms with Crippen LogP contribution in [0.5, 0.6) is 0 Å². The van der Waals surface area contributed by atoms with Gasteiger partial charge in [0.15, 0.2) is 0 Å². The molecule has 1 amide bonds. The summed E-state index contributed by atoms with van der Waals surface area (Å²) in [5.41, 5.74) is 9.97. The van der Waals surface area contributed by atoms with Crippen LogP contribution in [0.2, 0.25) is 0 Å². The second-order valence-electron chi connectivity index (χ2n) is 5.89. The maximum atomic E-state index is 11.7. The molecule has 1 heterocycles.